The number of rotatable bonds is 3. The Kier molecular flexibility index (Phi) is 9.87. The van der Waals surface area contributed by atoms with Crippen molar-refractivity contribution in [1.82, 2.24) is 5.32 Å². The van der Waals surface area contributed by atoms with E-state index in [0.29, 0.717) is 12.4 Å². The molecular formula is C5H13ClN2O. The lowest BCUT2D eigenvalue weighted by Crippen LogP contribution is -2.23. The van der Waals surface area contributed by atoms with Crippen LogP contribution in [0.5, 0.6) is 0 Å². The maximum Gasteiger partial charge on any atom is 0.0900 e. The first kappa shape index (κ1) is 11.5. The minimum absolute atomic E-state index is 0. The van der Waals surface area contributed by atoms with Gasteiger partial charge in [0.2, 0.25) is 0 Å². The summed E-state index contributed by atoms with van der Waals surface area (Å²) in [6.07, 6.45) is 0. The van der Waals surface area contributed by atoms with Gasteiger partial charge in [-0.2, -0.15) is 0 Å². The van der Waals surface area contributed by atoms with Crippen LogP contribution in [-0.4, -0.2) is 26.1 Å². The molecule has 0 aromatic rings. The predicted octanol–water partition coefficient (Wildman–Crippen LogP) is 0.641. The fraction of sp³-hybridized carbons (Fsp3) is 0.800. The van der Waals surface area contributed by atoms with Gasteiger partial charge in [0.15, 0.2) is 0 Å². The molecule has 0 spiro atoms. The molecule has 9 heavy (non-hydrogen) atoms. The van der Waals surface area contributed by atoms with E-state index in [0.717, 1.165) is 6.54 Å². The largest absolute Gasteiger partial charge is 0.383 e. The van der Waals surface area contributed by atoms with E-state index in [9.17, 15) is 0 Å². The number of halogens is 1. The number of ether oxygens (including phenoxy) is 1. The van der Waals surface area contributed by atoms with Gasteiger partial charge in [-0.1, -0.05) is 0 Å². The van der Waals surface area contributed by atoms with Gasteiger partial charge in [0.25, 0.3) is 0 Å². The molecule has 2 N–H and O–H groups in total. The molecule has 0 aromatic carbocycles. The van der Waals surface area contributed by atoms with Crippen molar-refractivity contribution in [1.29, 1.82) is 5.41 Å². The molecule has 0 radical (unpaired) electrons. The first-order chi connectivity index (χ1) is 3.77. The summed E-state index contributed by atoms with van der Waals surface area (Å²) in [5.41, 5.74) is 0. The Morgan fingerprint density at radius 3 is 2.56 bits per heavy atom. The number of methoxy groups -OCH3 is 1. The van der Waals surface area contributed by atoms with Gasteiger partial charge in [0.1, 0.15) is 0 Å². The number of amidine groups is 1. The van der Waals surface area contributed by atoms with E-state index in [2.05, 4.69) is 5.32 Å². The average molecular weight is 153 g/mol. The normalized spacial score (nSPS) is 7.78. The third-order valence-corrected chi connectivity index (χ3v) is 0.696. The topological polar surface area (TPSA) is 45.1 Å². The smallest absolute Gasteiger partial charge is 0.0900 e. The Bertz CT molecular complexity index is 77.4. The van der Waals surface area contributed by atoms with Crippen LogP contribution in [0.3, 0.4) is 0 Å². The highest BCUT2D eigenvalue weighted by molar-refractivity contribution is 5.85. The molecule has 0 heterocycles. The van der Waals surface area contributed by atoms with E-state index in [4.69, 9.17) is 10.1 Å². The summed E-state index contributed by atoms with van der Waals surface area (Å²) < 4.78 is 4.73. The minimum Gasteiger partial charge on any atom is -0.383 e. The Morgan fingerprint density at radius 1 is 1.67 bits per heavy atom. The highest BCUT2D eigenvalue weighted by Gasteiger charge is 1.82. The van der Waals surface area contributed by atoms with Crippen molar-refractivity contribution in [3.8, 4) is 0 Å². The molecule has 0 amide bonds. The number of nitrogens with one attached hydrogen (secondary N) is 2. The summed E-state index contributed by atoms with van der Waals surface area (Å²) in [6.45, 7) is 3.09. The SMILES string of the molecule is COCCNC(C)=N.Cl. The quantitative estimate of drug-likeness (QED) is 0.354. The van der Waals surface area contributed by atoms with Crippen LogP contribution in [0, 0.1) is 5.41 Å². The molecule has 0 aromatic heterocycles. The van der Waals surface area contributed by atoms with Crippen LogP contribution >= 0.6 is 12.4 Å². The first-order valence-corrected chi connectivity index (χ1v) is 2.55. The lowest BCUT2D eigenvalue weighted by atomic mass is 10.6. The van der Waals surface area contributed by atoms with E-state index in [1.54, 1.807) is 14.0 Å². The van der Waals surface area contributed by atoms with Crippen molar-refractivity contribution in [3.05, 3.63) is 0 Å². The molecule has 0 aliphatic carbocycles. The molecule has 0 saturated carbocycles. The highest BCUT2D eigenvalue weighted by atomic mass is 35.5. The van der Waals surface area contributed by atoms with Gasteiger partial charge in [0, 0.05) is 13.7 Å². The van der Waals surface area contributed by atoms with Crippen LogP contribution in [0.1, 0.15) is 6.92 Å². The fourth-order valence-corrected chi connectivity index (χ4v) is 0.341. The Hall–Kier alpha value is -0.280. The van der Waals surface area contributed by atoms with Crippen LogP contribution in [0.25, 0.3) is 0 Å². The van der Waals surface area contributed by atoms with Crippen molar-refractivity contribution in [2.24, 2.45) is 0 Å². The Labute approximate surface area is 61.7 Å². The molecule has 56 valence electrons. The highest BCUT2D eigenvalue weighted by Crippen LogP contribution is 1.64. The summed E-state index contributed by atoms with van der Waals surface area (Å²) in [7, 11) is 1.64. The standard InChI is InChI=1S/C5H12N2O.ClH/c1-5(6)7-3-4-8-2;/h3-4H2,1-2H3,(H2,6,7);1H. The van der Waals surface area contributed by atoms with Crippen molar-refractivity contribution in [3.63, 3.8) is 0 Å². The zero-order chi connectivity index (χ0) is 6.41. The summed E-state index contributed by atoms with van der Waals surface area (Å²) in [4.78, 5) is 0. The van der Waals surface area contributed by atoms with E-state index in [1.807, 2.05) is 0 Å². The van der Waals surface area contributed by atoms with Gasteiger partial charge >= 0.3 is 0 Å². The third kappa shape index (κ3) is 11.3. The third-order valence-electron chi connectivity index (χ3n) is 0.696. The predicted molar refractivity (Wildman–Crippen MR) is 40.5 cm³/mol. The van der Waals surface area contributed by atoms with Gasteiger partial charge in [-0.15, -0.1) is 12.4 Å². The lowest BCUT2D eigenvalue weighted by Gasteiger charge is -1.99. The van der Waals surface area contributed by atoms with Gasteiger partial charge in [-0.3, -0.25) is 5.41 Å². The van der Waals surface area contributed by atoms with E-state index in [1.165, 1.54) is 0 Å². The van der Waals surface area contributed by atoms with Gasteiger partial charge in [-0.25, -0.2) is 0 Å². The minimum atomic E-state index is 0. The number of hydrogen-bond acceptors (Lipinski definition) is 2. The second-order valence-corrected chi connectivity index (χ2v) is 1.54. The molecule has 0 bridgehead atoms. The maximum atomic E-state index is 6.91. The van der Waals surface area contributed by atoms with E-state index < -0.39 is 0 Å². The monoisotopic (exact) mass is 152 g/mol. The van der Waals surface area contributed by atoms with Crippen LogP contribution in [0.15, 0.2) is 0 Å². The second kappa shape index (κ2) is 7.72. The summed E-state index contributed by atoms with van der Waals surface area (Å²) >= 11 is 0. The molecule has 0 aliphatic heterocycles. The zero-order valence-corrected chi connectivity index (χ0v) is 6.55. The second-order valence-electron chi connectivity index (χ2n) is 1.54. The van der Waals surface area contributed by atoms with Gasteiger partial charge in [0.05, 0.1) is 12.4 Å². The summed E-state index contributed by atoms with van der Waals surface area (Å²) in [5.74, 6) is 0.488. The molecule has 4 heteroatoms. The van der Waals surface area contributed by atoms with E-state index in [-0.39, 0.29) is 12.4 Å². The van der Waals surface area contributed by atoms with Gasteiger partial charge < -0.3 is 10.1 Å². The van der Waals surface area contributed by atoms with Crippen molar-refractivity contribution >= 4 is 18.2 Å². The fourth-order valence-electron chi connectivity index (χ4n) is 0.341. The lowest BCUT2D eigenvalue weighted by molar-refractivity contribution is 0.204. The first-order valence-electron chi connectivity index (χ1n) is 2.55. The molecule has 0 unspecified atom stereocenters. The maximum absolute atomic E-state index is 6.91. The molecule has 0 atom stereocenters. The summed E-state index contributed by atoms with van der Waals surface area (Å²) in [5, 5.41) is 9.71. The molecule has 0 rings (SSSR count). The average Bonchev–Trinajstić information content (AvgIpc) is 1.66. The molecule has 0 fully saturated rings. The molecular weight excluding hydrogens is 140 g/mol. The molecule has 0 aliphatic rings. The Balaban J connectivity index is 0. The van der Waals surface area contributed by atoms with Crippen LogP contribution < -0.4 is 5.32 Å². The Morgan fingerprint density at radius 2 is 2.22 bits per heavy atom. The van der Waals surface area contributed by atoms with Crippen LogP contribution in [-0.2, 0) is 4.74 Å². The van der Waals surface area contributed by atoms with Crippen LogP contribution in [0.4, 0.5) is 0 Å². The van der Waals surface area contributed by atoms with Crippen LogP contribution in [0.2, 0.25) is 0 Å². The van der Waals surface area contributed by atoms with Crippen molar-refractivity contribution < 1.29 is 4.74 Å². The number of hydrogen-bond donors (Lipinski definition) is 2. The van der Waals surface area contributed by atoms with E-state index >= 15 is 0 Å². The molecule has 3 nitrogen and oxygen atoms in total. The zero-order valence-electron chi connectivity index (χ0n) is 5.73. The van der Waals surface area contributed by atoms with Crippen molar-refractivity contribution in [2.45, 2.75) is 6.92 Å². The summed E-state index contributed by atoms with van der Waals surface area (Å²) in [6, 6.07) is 0. The van der Waals surface area contributed by atoms with Crippen molar-refractivity contribution in [2.75, 3.05) is 20.3 Å². The van der Waals surface area contributed by atoms with Gasteiger partial charge in [-0.05, 0) is 6.92 Å². The molecule has 0 saturated heterocycles.